The largest absolute Gasteiger partial charge is 0.433 e. The molecule has 3 aliphatic rings. The minimum atomic E-state index is -4.58. The highest BCUT2D eigenvalue weighted by Crippen LogP contribution is 2.45. The molecule has 2 atom stereocenters. The van der Waals surface area contributed by atoms with Gasteiger partial charge in [0, 0.05) is 52.1 Å². The van der Waals surface area contributed by atoms with E-state index >= 15 is 0 Å². The maximum atomic E-state index is 13.5. The average molecular weight is 676 g/mol. The molecule has 1 saturated heterocycles. The summed E-state index contributed by atoms with van der Waals surface area (Å²) in [4.78, 5) is 44.8. The minimum Gasteiger partial charge on any atom is -0.383 e. The Morgan fingerprint density at radius 2 is 1.71 bits per heavy atom. The van der Waals surface area contributed by atoms with Gasteiger partial charge in [-0.15, -0.1) is 0 Å². The summed E-state index contributed by atoms with van der Waals surface area (Å²) in [7, 11) is 0. The third-order valence-electron chi connectivity index (χ3n) is 10.5. The number of nitrogens with zero attached hydrogens (tertiary/aromatic N) is 5. The average Bonchev–Trinajstić information content (AvgIpc) is 3.83. The second-order valence-electron chi connectivity index (χ2n) is 14.4. The molecule has 2 unspecified atom stereocenters. The Kier molecular flexibility index (Phi) is 9.27. The van der Waals surface area contributed by atoms with Crippen LogP contribution in [0.3, 0.4) is 0 Å². The van der Waals surface area contributed by atoms with Crippen LogP contribution in [0.15, 0.2) is 35.3 Å². The number of hydrogen-bond acceptors (Lipinski definition) is 6. The van der Waals surface area contributed by atoms with Gasteiger partial charge in [0.15, 0.2) is 0 Å². The number of nitrogens with two attached hydrogens (primary N) is 2. The molecule has 260 valence electrons. The lowest BCUT2D eigenvalue weighted by Gasteiger charge is -2.40. The first-order valence-electron chi connectivity index (χ1n) is 17.1. The van der Waals surface area contributed by atoms with Gasteiger partial charge in [0.2, 0.25) is 5.91 Å². The molecule has 3 heterocycles. The van der Waals surface area contributed by atoms with Gasteiger partial charge in [-0.25, -0.2) is 15.0 Å². The number of aryl methyl sites for hydroxylation is 2. The Hall–Kier alpha value is -4.35. The summed E-state index contributed by atoms with van der Waals surface area (Å²) in [6.07, 6.45) is 2.22. The normalized spacial score (nSPS) is 21.0. The molecule has 9 nitrogen and oxygen atoms in total. The number of halogens is 3. The molecule has 1 aromatic carbocycles. The zero-order valence-corrected chi connectivity index (χ0v) is 28.5. The molecule has 3 fully saturated rings. The molecule has 2 aromatic heterocycles. The number of rotatable bonds is 9. The number of amides is 2. The summed E-state index contributed by atoms with van der Waals surface area (Å²) in [5.74, 6) is -0.224. The van der Waals surface area contributed by atoms with E-state index in [9.17, 15) is 22.8 Å². The molecule has 2 amide bonds. The van der Waals surface area contributed by atoms with E-state index in [-0.39, 0.29) is 35.8 Å². The first-order chi connectivity index (χ1) is 23.1. The van der Waals surface area contributed by atoms with Crippen LogP contribution < -0.4 is 16.4 Å². The lowest BCUT2D eigenvalue weighted by molar-refractivity contribution is -0.141. The number of alkyl halides is 3. The smallest absolute Gasteiger partial charge is 0.383 e. The highest BCUT2D eigenvalue weighted by atomic mass is 19.4. The van der Waals surface area contributed by atoms with Gasteiger partial charge in [-0.1, -0.05) is 25.5 Å². The third-order valence-corrected chi connectivity index (χ3v) is 10.5. The van der Waals surface area contributed by atoms with Gasteiger partial charge in [-0.05, 0) is 101 Å². The van der Waals surface area contributed by atoms with Crippen LogP contribution in [0.1, 0.15) is 98.5 Å². The van der Waals surface area contributed by atoms with Crippen molar-refractivity contribution in [1.29, 1.82) is 0 Å². The van der Waals surface area contributed by atoms with Crippen molar-refractivity contribution in [3.8, 4) is 11.1 Å². The van der Waals surface area contributed by atoms with E-state index in [2.05, 4.69) is 50.0 Å². The van der Waals surface area contributed by atoms with E-state index < -0.39 is 23.2 Å². The van der Waals surface area contributed by atoms with E-state index in [1.807, 2.05) is 20.8 Å². The van der Waals surface area contributed by atoms with Gasteiger partial charge in [-0.2, -0.15) is 18.2 Å². The number of aliphatic imine (C=N–C) groups is 1. The van der Waals surface area contributed by atoms with Crippen LogP contribution in [0.2, 0.25) is 0 Å². The molecule has 3 aromatic rings. The van der Waals surface area contributed by atoms with Crippen LogP contribution in [0, 0.1) is 25.7 Å². The van der Waals surface area contributed by atoms with Gasteiger partial charge < -0.3 is 16.4 Å². The number of carbonyl (C=O) groups excluding carboxylic acids is 2. The van der Waals surface area contributed by atoms with Crippen molar-refractivity contribution in [3.63, 3.8) is 0 Å². The molecule has 12 heteroatoms. The fourth-order valence-electron chi connectivity index (χ4n) is 7.48. The summed E-state index contributed by atoms with van der Waals surface area (Å²) in [6.45, 7) is 8.44. The van der Waals surface area contributed by atoms with E-state index in [0.29, 0.717) is 49.5 Å². The maximum absolute atomic E-state index is 13.5. The molecule has 0 bridgehead atoms. The number of anilines is 1. The monoisotopic (exact) mass is 675 g/mol. The SMILES string of the molecule is Cc1nc(CC(N)=O)nc(C)c1-c1ccc(CC2CC2)c(N2CCC(C(=O)N=C(N)c3ccc(C(F)(F)F)nc3C3(C)CCC3)CC2C)c1. The zero-order chi connectivity index (χ0) is 35.2. The van der Waals surface area contributed by atoms with Crippen LogP contribution >= 0.6 is 0 Å². The molecule has 2 saturated carbocycles. The number of aromatic nitrogens is 3. The van der Waals surface area contributed by atoms with Gasteiger partial charge in [0.05, 0.1) is 12.1 Å². The van der Waals surface area contributed by atoms with Crippen molar-refractivity contribution < 1.29 is 22.8 Å². The summed E-state index contributed by atoms with van der Waals surface area (Å²) in [5, 5.41) is 0. The van der Waals surface area contributed by atoms with E-state index in [4.69, 9.17) is 11.5 Å². The molecule has 0 radical (unpaired) electrons. The third kappa shape index (κ3) is 7.33. The van der Waals surface area contributed by atoms with Gasteiger partial charge in [0.1, 0.15) is 17.4 Å². The Labute approximate surface area is 284 Å². The highest BCUT2D eigenvalue weighted by molar-refractivity contribution is 6.05. The van der Waals surface area contributed by atoms with Crippen LogP contribution in [-0.2, 0) is 34.0 Å². The minimum absolute atomic E-state index is 0.0147. The second kappa shape index (κ2) is 13.2. The number of benzene rings is 1. The fraction of sp³-hybridized carbons (Fsp3) is 0.514. The van der Waals surface area contributed by atoms with Gasteiger partial charge in [-0.3, -0.25) is 9.59 Å². The van der Waals surface area contributed by atoms with Crippen LogP contribution in [0.25, 0.3) is 11.1 Å². The molecule has 1 aliphatic heterocycles. The molecular weight excluding hydrogens is 631 g/mol. The van der Waals surface area contributed by atoms with Crippen molar-refractivity contribution in [1.82, 2.24) is 15.0 Å². The molecular formula is C37H44F3N7O2. The predicted molar refractivity (Wildman–Crippen MR) is 182 cm³/mol. The first kappa shape index (κ1) is 34.5. The number of piperidine rings is 1. The topological polar surface area (TPSA) is 140 Å². The van der Waals surface area contributed by atoms with Crippen molar-refractivity contribution >= 4 is 23.3 Å². The van der Waals surface area contributed by atoms with Crippen molar-refractivity contribution in [2.45, 2.75) is 103 Å². The number of primary amides is 1. The highest BCUT2D eigenvalue weighted by Gasteiger charge is 2.41. The van der Waals surface area contributed by atoms with Gasteiger partial charge in [0.25, 0.3) is 5.91 Å². The molecule has 0 spiro atoms. The Balaban J connectivity index is 1.24. The Morgan fingerprint density at radius 3 is 2.29 bits per heavy atom. The summed E-state index contributed by atoms with van der Waals surface area (Å²) in [5.41, 5.74) is 16.6. The fourth-order valence-corrected chi connectivity index (χ4v) is 7.48. The molecule has 6 rings (SSSR count). The number of hydrogen-bond donors (Lipinski definition) is 2. The standard InChI is InChI=1S/C37H44F3N7O2/c1-20-16-26(35(49)46-34(42)27-10-11-29(37(38,39)40)45-33(27)36(4)13-5-14-36)12-15-47(20)28-18-25(9-8-24(28)17-23-6-7-23)32-21(2)43-31(19-30(41)48)44-22(32)3/h8-11,18,20,23,26H,5-7,12-17,19H2,1-4H3,(H2,41,48)(H2,42,46,49). The van der Waals surface area contributed by atoms with Gasteiger partial charge >= 0.3 is 6.18 Å². The number of amidine groups is 1. The zero-order valence-electron chi connectivity index (χ0n) is 28.5. The van der Waals surface area contributed by atoms with Crippen LogP contribution in [0.5, 0.6) is 0 Å². The van der Waals surface area contributed by atoms with Crippen molar-refractivity contribution in [2.75, 3.05) is 11.4 Å². The second-order valence-corrected chi connectivity index (χ2v) is 14.4. The van der Waals surface area contributed by atoms with Crippen molar-refractivity contribution in [3.05, 3.63) is 70.1 Å². The quantitative estimate of drug-likeness (QED) is 0.205. The Morgan fingerprint density at radius 1 is 1.02 bits per heavy atom. The summed E-state index contributed by atoms with van der Waals surface area (Å²) in [6, 6.07) is 8.72. The number of carbonyl (C=O) groups is 2. The lowest BCUT2D eigenvalue weighted by atomic mass is 9.67. The summed E-state index contributed by atoms with van der Waals surface area (Å²) < 4.78 is 40.6. The van der Waals surface area contributed by atoms with Crippen LogP contribution in [-0.4, -0.2) is 45.2 Å². The molecule has 4 N–H and O–H groups in total. The van der Waals surface area contributed by atoms with E-state index in [1.54, 1.807) is 0 Å². The van der Waals surface area contributed by atoms with E-state index in [1.165, 1.54) is 24.5 Å². The molecule has 49 heavy (non-hydrogen) atoms. The first-order valence-corrected chi connectivity index (χ1v) is 17.1. The number of pyridine rings is 1. The summed E-state index contributed by atoms with van der Waals surface area (Å²) >= 11 is 0. The Bertz CT molecular complexity index is 1790. The van der Waals surface area contributed by atoms with Crippen molar-refractivity contribution in [2.24, 2.45) is 28.3 Å². The van der Waals surface area contributed by atoms with E-state index in [0.717, 1.165) is 47.1 Å². The lowest BCUT2D eigenvalue weighted by Crippen LogP contribution is -2.43. The van der Waals surface area contributed by atoms with Crippen LogP contribution in [0.4, 0.5) is 18.9 Å². The predicted octanol–water partition coefficient (Wildman–Crippen LogP) is 6.13. The maximum Gasteiger partial charge on any atom is 0.433 e. The molecule has 2 aliphatic carbocycles.